The van der Waals surface area contributed by atoms with E-state index in [1.54, 1.807) is 6.33 Å². The van der Waals surface area contributed by atoms with E-state index in [-0.39, 0.29) is 0 Å². The molecule has 0 aliphatic heterocycles. The molecular formula is C17H14IN5. The molecule has 0 spiro atoms. The van der Waals surface area contributed by atoms with Crippen molar-refractivity contribution in [3.8, 4) is 11.4 Å². The Morgan fingerprint density at radius 3 is 2.87 bits per heavy atom. The number of pyridine rings is 1. The van der Waals surface area contributed by atoms with Crippen molar-refractivity contribution in [2.75, 3.05) is 5.32 Å². The van der Waals surface area contributed by atoms with Crippen LogP contribution in [-0.2, 0) is 7.05 Å². The van der Waals surface area contributed by atoms with Gasteiger partial charge < -0.3 is 14.9 Å². The van der Waals surface area contributed by atoms with E-state index in [1.807, 2.05) is 42.2 Å². The molecule has 1 aromatic carbocycles. The van der Waals surface area contributed by atoms with Crippen molar-refractivity contribution in [3.05, 3.63) is 58.7 Å². The summed E-state index contributed by atoms with van der Waals surface area (Å²) in [6, 6.07) is 12.3. The summed E-state index contributed by atoms with van der Waals surface area (Å²) in [5.41, 5.74) is 4.16. The molecule has 23 heavy (non-hydrogen) atoms. The van der Waals surface area contributed by atoms with E-state index in [0.717, 1.165) is 33.8 Å². The van der Waals surface area contributed by atoms with Gasteiger partial charge in [-0.2, -0.15) is 0 Å². The number of anilines is 2. The second kappa shape index (κ2) is 5.69. The number of fused-ring (bicyclic) bond motifs is 1. The number of hydrogen-bond donors (Lipinski definition) is 2. The molecule has 4 rings (SSSR count). The minimum atomic E-state index is 0.818. The molecule has 114 valence electrons. The molecule has 0 amide bonds. The maximum Gasteiger partial charge on any atom is 0.132 e. The topological polar surface area (TPSA) is 58.5 Å². The van der Waals surface area contributed by atoms with Gasteiger partial charge in [0.2, 0.25) is 0 Å². The fourth-order valence-electron chi connectivity index (χ4n) is 2.56. The number of imidazole rings is 1. The minimum Gasteiger partial charge on any atom is -0.353 e. The first kappa shape index (κ1) is 14.3. The quantitative estimate of drug-likeness (QED) is 0.491. The van der Waals surface area contributed by atoms with Gasteiger partial charge >= 0.3 is 0 Å². The van der Waals surface area contributed by atoms with E-state index >= 15 is 0 Å². The molecule has 0 saturated carbocycles. The van der Waals surface area contributed by atoms with Gasteiger partial charge in [0.15, 0.2) is 0 Å². The Morgan fingerprint density at radius 2 is 2.09 bits per heavy atom. The Hall–Kier alpha value is -2.35. The van der Waals surface area contributed by atoms with Crippen molar-refractivity contribution in [2.45, 2.75) is 0 Å². The first-order valence-corrected chi connectivity index (χ1v) is 8.25. The van der Waals surface area contributed by atoms with E-state index in [1.165, 1.54) is 3.57 Å². The number of aryl methyl sites for hydroxylation is 1. The number of benzene rings is 1. The van der Waals surface area contributed by atoms with Crippen LogP contribution in [0.1, 0.15) is 0 Å². The van der Waals surface area contributed by atoms with Gasteiger partial charge in [-0.1, -0.05) is 6.07 Å². The lowest BCUT2D eigenvalue weighted by atomic mass is 10.3. The predicted octanol–water partition coefficient (Wildman–Crippen LogP) is 4.31. The monoisotopic (exact) mass is 415 g/mol. The lowest BCUT2D eigenvalue weighted by Gasteiger charge is -2.05. The van der Waals surface area contributed by atoms with Crippen LogP contribution in [0, 0.1) is 3.57 Å². The number of aromatic amines is 1. The summed E-state index contributed by atoms with van der Waals surface area (Å²) < 4.78 is 3.18. The number of nitrogens with one attached hydrogen (secondary N) is 2. The van der Waals surface area contributed by atoms with E-state index < -0.39 is 0 Å². The fraction of sp³-hybridized carbons (Fsp3) is 0.0588. The highest BCUT2D eigenvalue weighted by Gasteiger charge is 2.08. The molecule has 3 heterocycles. The Kier molecular flexibility index (Phi) is 3.53. The van der Waals surface area contributed by atoms with Crippen LogP contribution in [0.3, 0.4) is 0 Å². The van der Waals surface area contributed by atoms with E-state index in [2.05, 4.69) is 61.1 Å². The average molecular weight is 415 g/mol. The van der Waals surface area contributed by atoms with E-state index in [0.29, 0.717) is 0 Å². The summed E-state index contributed by atoms with van der Waals surface area (Å²) in [6.45, 7) is 0. The molecular weight excluding hydrogens is 401 g/mol. The third-order valence-corrected chi connectivity index (χ3v) is 4.36. The van der Waals surface area contributed by atoms with Gasteiger partial charge in [0.25, 0.3) is 0 Å². The predicted molar refractivity (Wildman–Crippen MR) is 101 cm³/mol. The number of nitrogens with zero attached hydrogens (tertiary/aromatic N) is 3. The minimum absolute atomic E-state index is 0.818. The largest absolute Gasteiger partial charge is 0.353 e. The van der Waals surface area contributed by atoms with Crippen LogP contribution in [0.4, 0.5) is 11.5 Å². The molecule has 0 aliphatic carbocycles. The van der Waals surface area contributed by atoms with Gasteiger partial charge in [-0.3, -0.25) is 0 Å². The molecule has 0 radical (unpaired) electrons. The summed E-state index contributed by atoms with van der Waals surface area (Å²) in [6.07, 6.45) is 5.52. The van der Waals surface area contributed by atoms with Crippen LogP contribution < -0.4 is 5.32 Å². The van der Waals surface area contributed by atoms with Gasteiger partial charge in [-0.15, -0.1) is 0 Å². The first-order valence-electron chi connectivity index (χ1n) is 7.17. The summed E-state index contributed by atoms with van der Waals surface area (Å²) >= 11 is 2.30. The maximum absolute atomic E-state index is 4.49. The number of hydrogen-bond acceptors (Lipinski definition) is 3. The van der Waals surface area contributed by atoms with Crippen molar-refractivity contribution in [1.82, 2.24) is 19.5 Å². The van der Waals surface area contributed by atoms with Crippen LogP contribution in [-0.4, -0.2) is 19.5 Å². The highest BCUT2D eigenvalue weighted by molar-refractivity contribution is 14.1. The SMILES string of the molecule is Cn1cncc1-c1cc2cnc(Nc3cccc(I)c3)cc2[nH]1. The third-order valence-electron chi connectivity index (χ3n) is 3.69. The molecule has 4 aromatic rings. The summed E-state index contributed by atoms with van der Waals surface area (Å²) in [5.74, 6) is 0.818. The van der Waals surface area contributed by atoms with Crippen molar-refractivity contribution < 1.29 is 0 Å². The number of rotatable bonds is 3. The Morgan fingerprint density at radius 1 is 1.17 bits per heavy atom. The van der Waals surface area contributed by atoms with E-state index in [4.69, 9.17) is 0 Å². The maximum atomic E-state index is 4.49. The average Bonchev–Trinajstić information content (AvgIpc) is 3.12. The molecule has 2 N–H and O–H groups in total. The van der Waals surface area contributed by atoms with Crippen molar-refractivity contribution >= 4 is 45.0 Å². The number of halogens is 1. The van der Waals surface area contributed by atoms with Crippen LogP contribution in [0.25, 0.3) is 22.3 Å². The van der Waals surface area contributed by atoms with Gasteiger partial charge in [-0.05, 0) is 46.9 Å². The van der Waals surface area contributed by atoms with Crippen molar-refractivity contribution in [1.29, 1.82) is 0 Å². The fourth-order valence-corrected chi connectivity index (χ4v) is 3.11. The van der Waals surface area contributed by atoms with Crippen LogP contribution in [0.15, 0.2) is 55.1 Å². The summed E-state index contributed by atoms with van der Waals surface area (Å²) in [5, 5.41) is 4.42. The van der Waals surface area contributed by atoms with Crippen LogP contribution in [0.2, 0.25) is 0 Å². The van der Waals surface area contributed by atoms with Crippen LogP contribution >= 0.6 is 22.6 Å². The first-order chi connectivity index (χ1) is 11.2. The van der Waals surface area contributed by atoms with Gasteiger partial charge in [-0.25, -0.2) is 9.97 Å². The zero-order chi connectivity index (χ0) is 15.8. The highest BCUT2D eigenvalue weighted by Crippen LogP contribution is 2.25. The molecule has 0 bridgehead atoms. The third kappa shape index (κ3) is 2.81. The highest BCUT2D eigenvalue weighted by atomic mass is 127. The Bertz CT molecular complexity index is 985. The molecule has 5 nitrogen and oxygen atoms in total. The lowest BCUT2D eigenvalue weighted by Crippen LogP contribution is -1.93. The standard InChI is InChI=1S/C17H14IN5/c1-23-10-19-9-16(23)15-5-11-8-20-17(7-14(11)22-15)21-13-4-2-3-12(18)6-13/h2-10,22H,1H3,(H,20,21). The van der Waals surface area contributed by atoms with Crippen LogP contribution in [0.5, 0.6) is 0 Å². The van der Waals surface area contributed by atoms with Gasteiger partial charge in [0, 0.05) is 34.0 Å². The summed E-state index contributed by atoms with van der Waals surface area (Å²) in [4.78, 5) is 12.1. The molecule has 3 aromatic heterocycles. The molecule has 0 saturated heterocycles. The Labute approximate surface area is 146 Å². The second-order valence-electron chi connectivity index (χ2n) is 5.36. The zero-order valence-electron chi connectivity index (χ0n) is 12.4. The molecule has 0 aliphatic rings. The molecule has 0 fully saturated rings. The second-order valence-corrected chi connectivity index (χ2v) is 6.61. The van der Waals surface area contributed by atoms with Crippen molar-refractivity contribution in [3.63, 3.8) is 0 Å². The zero-order valence-corrected chi connectivity index (χ0v) is 14.6. The van der Waals surface area contributed by atoms with E-state index in [9.17, 15) is 0 Å². The molecule has 0 unspecified atom stereocenters. The van der Waals surface area contributed by atoms with Crippen molar-refractivity contribution in [2.24, 2.45) is 7.05 Å². The molecule has 6 heteroatoms. The lowest BCUT2D eigenvalue weighted by molar-refractivity contribution is 0.918. The normalized spacial score (nSPS) is 11.0. The van der Waals surface area contributed by atoms with Gasteiger partial charge in [0.05, 0.1) is 29.4 Å². The smallest absolute Gasteiger partial charge is 0.132 e. The van der Waals surface area contributed by atoms with Gasteiger partial charge in [0.1, 0.15) is 5.82 Å². The summed E-state index contributed by atoms with van der Waals surface area (Å²) in [7, 11) is 1.98. The molecule has 0 atom stereocenters. The number of aromatic nitrogens is 4. The number of H-pyrrole nitrogens is 1. The Balaban J connectivity index is 1.69.